The Bertz CT molecular complexity index is 712. The van der Waals surface area contributed by atoms with Crippen molar-refractivity contribution in [3.8, 4) is 0 Å². The van der Waals surface area contributed by atoms with Crippen molar-refractivity contribution in [3.05, 3.63) is 65.7 Å². The van der Waals surface area contributed by atoms with E-state index in [9.17, 15) is 8.42 Å². The fraction of sp³-hybridized carbons (Fsp3) is 0.333. The summed E-state index contributed by atoms with van der Waals surface area (Å²) in [6.45, 7) is 3.96. The number of sulfonamides is 1. The van der Waals surface area contributed by atoms with Crippen molar-refractivity contribution in [2.75, 3.05) is 0 Å². The highest BCUT2D eigenvalue weighted by Crippen LogP contribution is 2.22. The first kappa shape index (κ1) is 17.7. The van der Waals surface area contributed by atoms with Gasteiger partial charge in [-0.15, -0.1) is 0 Å². The van der Waals surface area contributed by atoms with Gasteiger partial charge in [-0.3, -0.25) is 0 Å². The Labute approximate surface area is 138 Å². The lowest BCUT2D eigenvalue weighted by Crippen LogP contribution is -2.40. The smallest absolute Gasteiger partial charge is 0.241 e. The van der Waals surface area contributed by atoms with E-state index in [0.29, 0.717) is 0 Å². The maximum atomic E-state index is 12.7. The zero-order valence-electron chi connectivity index (χ0n) is 13.6. The molecular formula is C18H24N2O2S. The molecular weight excluding hydrogens is 308 g/mol. The molecule has 0 saturated heterocycles. The van der Waals surface area contributed by atoms with Gasteiger partial charge >= 0.3 is 0 Å². The molecule has 2 aromatic carbocycles. The summed E-state index contributed by atoms with van der Waals surface area (Å²) >= 11 is 0. The Morgan fingerprint density at radius 1 is 1.04 bits per heavy atom. The third-order valence-corrected chi connectivity index (χ3v) is 5.28. The molecule has 0 unspecified atom stereocenters. The molecule has 0 aliphatic rings. The molecule has 0 saturated carbocycles. The third kappa shape index (κ3) is 4.64. The van der Waals surface area contributed by atoms with Crippen LogP contribution in [0.5, 0.6) is 0 Å². The highest BCUT2D eigenvalue weighted by molar-refractivity contribution is 7.89. The number of nitrogens with one attached hydrogen (secondary N) is 1. The Kier molecular flexibility index (Phi) is 5.93. The molecule has 0 amide bonds. The molecule has 3 N–H and O–H groups in total. The highest BCUT2D eigenvalue weighted by Gasteiger charge is 2.25. The monoisotopic (exact) mass is 332 g/mol. The summed E-state index contributed by atoms with van der Waals surface area (Å²) in [6, 6.07) is 15.6. The van der Waals surface area contributed by atoms with Crippen LogP contribution in [0.4, 0.5) is 0 Å². The van der Waals surface area contributed by atoms with Crippen LogP contribution in [0.1, 0.15) is 36.9 Å². The van der Waals surface area contributed by atoms with Crippen LogP contribution in [0.25, 0.3) is 0 Å². The minimum Gasteiger partial charge on any atom is -0.326 e. The summed E-state index contributed by atoms with van der Waals surface area (Å²) in [5.74, 6) is 0. The van der Waals surface area contributed by atoms with Gasteiger partial charge in [0, 0.05) is 6.04 Å². The Morgan fingerprint density at radius 2 is 1.65 bits per heavy atom. The number of hydrogen-bond acceptors (Lipinski definition) is 3. The minimum absolute atomic E-state index is 0.257. The molecule has 5 heteroatoms. The lowest BCUT2D eigenvalue weighted by Gasteiger charge is -2.25. The Hall–Kier alpha value is -1.69. The molecule has 23 heavy (non-hydrogen) atoms. The molecule has 4 nitrogen and oxygen atoms in total. The predicted molar refractivity (Wildman–Crippen MR) is 93.6 cm³/mol. The molecule has 0 heterocycles. The van der Waals surface area contributed by atoms with Crippen molar-refractivity contribution >= 4 is 10.0 Å². The van der Waals surface area contributed by atoms with Crippen molar-refractivity contribution in [2.24, 2.45) is 5.73 Å². The maximum absolute atomic E-state index is 12.7. The normalized spacial score (nSPS) is 14.4. The van der Waals surface area contributed by atoms with Gasteiger partial charge in [-0.05, 0) is 31.0 Å². The van der Waals surface area contributed by atoms with Crippen molar-refractivity contribution in [3.63, 3.8) is 0 Å². The molecule has 0 aliphatic carbocycles. The molecule has 2 atom stereocenters. The number of aryl methyl sites for hydroxylation is 1. The van der Waals surface area contributed by atoms with Crippen molar-refractivity contribution in [2.45, 2.75) is 43.7 Å². The lowest BCUT2D eigenvalue weighted by molar-refractivity contribution is 0.464. The summed E-state index contributed by atoms with van der Waals surface area (Å²) < 4.78 is 28.1. The lowest BCUT2D eigenvalue weighted by atomic mass is 9.98. The molecule has 0 spiro atoms. The predicted octanol–water partition coefficient (Wildman–Crippen LogP) is 3.14. The second-order valence-corrected chi connectivity index (χ2v) is 7.49. The highest BCUT2D eigenvalue weighted by atomic mass is 32.2. The minimum atomic E-state index is -3.62. The second-order valence-electron chi connectivity index (χ2n) is 5.78. The first-order chi connectivity index (χ1) is 10.9. The average molecular weight is 332 g/mol. The van der Waals surface area contributed by atoms with Crippen molar-refractivity contribution in [1.82, 2.24) is 4.72 Å². The van der Waals surface area contributed by atoms with Crippen LogP contribution in [0.15, 0.2) is 59.5 Å². The first-order valence-corrected chi connectivity index (χ1v) is 9.32. The van der Waals surface area contributed by atoms with E-state index >= 15 is 0 Å². The van der Waals surface area contributed by atoms with Gasteiger partial charge in [0.15, 0.2) is 0 Å². The van der Waals surface area contributed by atoms with E-state index in [1.807, 2.05) is 44.2 Å². The second kappa shape index (κ2) is 7.73. The van der Waals surface area contributed by atoms with Gasteiger partial charge in [0.1, 0.15) is 0 Å². The summed E-state index contributed by atoms with van der Waals surface area (Å²) in [5, 5.41) is 0. The van der Waals surface area contributed by atoms with Crippen LogP contribution in [0, 0.1) is 6.92 Å². The quantitative estimate of drug-likeness (QED) is 0.818. The van der Waals surface area contributed by atoms with Gasteiger partial charge in [-0.1, -0.05) is 61.4 Å². The van der Waals surface area contributed by atoms with Gasteiger partial charge in [0.25, 0.3) is 0 Å². The van der Waals surface area contributed by atoms with E-state index in [2.05, 4.69) is 4.72 Å². The number of benzene rings is 2. The molecule has 0 aromatic heterocycles. The maximum Gasteiger partial charge on any atom is 0.241 e. The fourth-order valence-corrected chi connectivity index (χ4v) is 3.79. The summed E-state index contributed by atoms with van der Waals surface area (Å²) in [5.41, 5.74) is 8.14. The van der Waals surface area contributed by atoms with Gasteiger partial charge in [-0.25, -0.2) is 13.1 Å². The summed E-state index contributed by atoms with van der Waals surface area (Å²) in [4.78, 5) is 0.257. The van der Waals surface area contributed by atoms with Gasteiger partial charge < -0.3 is 5.73 Å². The van der Waals surface area contributed by atoms with Crippen LogP contribution in [0.2, 0.25) is 0 Å². The van der Waals surface area contributed by atoms with E-state index in [0.717, 1.165) is 24.0 Å². The van der Waals surface area contributed by atoms with E-state index in [-0.39, 0.29) is 10.9 Å². The van der Waals surface area contributed by atoms with E-state index in [1.54, 1.807) is 24.3 Å². The molecule has 0 bridgehead atoms. The molecule has 124 valence electrons. The third-order valence-electron chi connectivity index (χ3n) is 3.82. The largest absolute Gasteiger partial charge is 0.326 e. The molecule has 0 fully saturated rings. The van der Waals surface area contributed by atoms with Crippen molar-refractivity contribution < 1.29 is 8.42 Å². The molecule has 0 aliphatic heterocycles. The van der Waals surface area contributed by atoms with Gasteiger partial charge in [0.05, 0.1) is 10.9 Å². The van der Waals surface area contributed by atoms with Crippen LogP contribution < -0.4 is 10.5 Å². The van der Waals surface area contributed by atoms with Crippen LogP contribution >= 0.6 is 0 Å². The number of rotatable bonds is 7. The van der Waals surface area contributed by atoms with Crippen molar-refractivity contribution in [1.29, 1.82) is 0 Å². The SMILES string of the molecule is CCC[C@@H](N)[C@H](NS(=O)(=O)c1ccc(C)cc1)c1ccccc1. The van der Waals surface area contributed by atoms with E-state index in [4.69, 9.17) is 5.73 Å². The average Bonchev–Trinajstić information content (AvgIpc) is 2.54. The fourth-order valence-electron chi connectivity index (χ4n) is 2.52. The zero-order chi connectivity index (χ0) is 16.9. The van der Waals surface area contributed by atoms with Gasteiger partial charge in [0.2, 0.25) is 10.0 Å². The topological polar surface area (TPSA) is 72.2 Å². The van der Waals surface area contributed by atoms with E-state index < -0.39 is 16.1 Å². The molecule has 0 radical (unpaired) electrons. The first-order valence-electron chi connectivity index (χ1n) is 7.83. The Balaban J connectivity index is 2.31. The number of nitrogens with two attached hydrogens (primary N) is 1. The summed E-state index contributed by atoms with van der Waals surface area (Å²) in [6.07, 6.45) is 1.65. The van der Waals surface area contributed by atoms with Crippen LogP contribution in [-0.2, 0) is 10.0 Å². The van der Waals surface area contributed by atoms with Gasteiger partial charge in [-0.2, -0.15) is 0 Å². The number of hydrogen-bond donors (Lipinski definition) is 2. The summed E-state index contributed by atoms with van der Waals surface area (Å²) in [7, 11) is -3.62. The van der Waals surface area contributed by atoms with Crippen LogP contribution in [0.3, 0.4) is 0 Å². The standard InChI is InChI=1S/C18H24N2O2S/c1-3-7-17(19)18(15-8-5-4-6-9-15)20-23(21,22)16-12-10-14(2)11-13-16/h4-6,8-13,17-18,20H,3,7,19H2,1-2H3/t17-,18-/m1/s1. The molecule has 2 aromatic rings. The zero-order valence-corrected chi connectivity index (χ0v) is 14.4. The van der Waals surface area contributed by atoms with E-state index in [1.165, 1.54) is 0 Å². The Morgan fingerprint density at radius 3 is 2.22 bits per heavy atom. The van der Waals surface area contributed by atoms with Crippen LogP contribution in [-0.4, -0.2) is 14.5 Å². The molecule has 2 rings (SSSR count).